The van der Waals surface area contributed by atoms with Crippen LogP contribution in [0.1, 0.15) is 12.0 Å². The number of nitrogens with zero attached hydrogens (tertiary/aromatic N) is 3. The van der Waals surface area contributed by atoms with Crippen LogP contribution in [0.15, 0.2) is 54.6 Å². The van der Waals surface area contributed by atoms with Crippen molar-refractivity contribution in [2.24, 2.45) is 0 Å². The van der Waals surface area contributed by atoms with E-state index in [-0.39, 0.29) is 18.2 Å². The molecule has 8 heteroatoms. The van der Waals surface area contributed by atoms with Crippen LogP contribution in [-0.4, -0.2) is 64.5 Å². The van der Waals surface area contributed by atoms with Crippen molar-refractivity contribution < 1.29 is 14.3 Å². The number of rotatable bonds is 5. The van der Waals surface area contributed by atoms with E-state index < -0.39 is 5.25 Å². The van der Waals surface area contributed by atoms with Gasteiger partial charge in [0.15, 0.2) is 0 Å². The number of carbonyl (C=O) groups excluding carboxylic acids is 2. The lowest BCUT2D eigenvalue weighted by Crippen LogP contribution is -2.47. The highest BCUT2D eigenvalue weighted by atomic mass is 32.2. The first-order valence-corrected chi connectivity index (χ1v) is 11.6. The molecule has 2 aliphatic rings. The number of ether oxygens (including phenoxy) is 1. The van der Waals surface area contributed by atoms with E-state index in [1.54, 1.807) is 31.4 Å². The summed E-state index contributed by atoms with van der Waals surface area (Å²) in [6, 6.07) is 17.4. The first-order chi connectivity index (χ1) is 15.0. The molecule has 0 unspecified atom stereocenters. The molecule has 2 saturated heterocycles. The molecule has 162 valence electrons. The maximum atomic E-state index is 12.9. The van der Waals surface area contributed by atoms with Gasteiger partial charge in [0.2, 0.25) is 11.8 Å². The predicted molar refractivity (Wildman–Crippen MR) is 127 cm³/mol. The van der Waals surface area contributed by atoms with E-state index in [2.05, 4.69) is 34.1 Å². The minimum absolute atomic E-state index is 0.170. The smallest absolute Gasteiger partial charge is 0.247 e. The van der Waals surface area contributed by atoms with Gasteiger partial charge >= 0.3 is 0 Å². The highest BCUT2D eigenvalue weighted by Crippen LogP contribution is 2.32. The predicted octanol–water partition coefficient (Wildman–Crippen LogP) is 3.16. The molecule has 4 rings (SSSR count). The largest absolute Gasteiger partial charge is 0.497 e. The number of methoxy groups -OCH3 is 1. The molecule has 2 aliphatic heterocycles. The molecule has 0 aliphatic carbocycles. The van der Waals surface area contributed by atoms with Crippen molar-refractivity contribution in [2.45, 2.75) is 18.2 Å². The fraction of sp³-hybridized carbons (Fsp3) is 0.348. The van der Waals surface area contributed by atoms with Crippen molar-refractivity contribution in [1.29, 1.82) is 0 Å². The van der Waals surface area contributed by atoms with Crippen LogP contribution in [0, 0.1) is 0 Å². The molecule has 2 heterocycles. The summed E-state index contributed by atoms with van der Waals surface area (Å²) in [6.07, 6.45) is 0.170. The van der Waals surface area contributed by atoms with Gasteiger partial charge in [0, 0.05) is 39.1 Å². The number of benzene rings is 2. The molecule has 0 bridgehead atoms. The van der Waals surface area contributed by atoms with Gasteiger partial charge in [-0.2, -0.15) is 0 Å². The van der Waals surface area contributed by atoms with Crippen LogP contribution in [0.25, 0.3) is 0 Å². The summed E-state index contributed by atoms with van der Waals surface area (Å²) in [5, 5.41) is -0.468. The normalized spacial score (nSPS) is 19.7. The van der Waals surface area contributed by atoms with E-state index >= 15 is 0 Å². The molecule has 31 heavy (non-hydrogen) atoms. The first kappa shape index (κ1) is 21.8. The van der Waals surface area contributed by atoms with Crippen molar-refractivity contribution >= 4 is 45.8 Å². The van der Waals surface area contributed by atoms with E-state index in [0.29, 0.717) is 15.8 Å². The standard InChI is InChI=1S/C23H25N3O3S2/c1-29-19-9-7-18(8-10-19)26-21(27)15-20(22(26)28)31-23(30)25-13-11-24(12-14-25)16-17-5-3-2-4-6-17/h2-10,20H,11-16H2,1H3/t20-/m1/s1. The van der Waals surface area contributed by atoms with Gasteiger partial charge in [-0.15, -0.1) is 0 Å². The maximum absolute atomic E-state index is 12.9. The van der Waals surface area contributed by atoms with Crippen molar-refractivity contribution in [3.8, 4) is 5.75 Å². The average molecular weight is 456 g/mol. The van der Waals surface area contributed by atoms with Gasteiger partial charge in [-0.1, -0.05) is 54.3 Å². The molecule has 0 saturated carbocycles. The molecule has 2 fully saturated rings. The highest BCUT2D eigenvalue weighted by Gasteiger charge is 2.41. The Morgan fingerprint density at radius 2 is 1.71 bits per heavy atom. The third-order valence-electron chi connectivity index (χ3n) is 5.56. The monoisotopic (exact) mass is 455 g/mol. The molecule has 0 spiro atoms. The number of hydrogen-bond donors (Lipinski definition) is 0. The Balaban J connectivity index is 1.30. The lowest BCUT2D eigenvalue weighted by Gasteiger charge is -2.36. The third-order valence-corrected chi connectivity index (χ3v) is 7.22. The molecule has 1 atom stereocenters. The number of hydrogen-bond acceptors (Lipinski definition) is 6. The molecular formula is C23H25N3O3S2. The van der Waals surface area contributed by atoms with Crippen molar-refractivity contribution in [2.75, 3.05) is 38.2 Å². The second kappa shape index (κ2) is 9.80. The Kier molecular flexibility index (Phi) is 6.89. The van der Waals surface area contributed by atoms with E-state index in [1.807, 2.05) is 6.07 Å². The highest BCUT2D eigenvalue weighted by molar-refractivity contribution is 8.23. The molecule has 2 aromatic carbocycles. The third kappa shape index (κ3) is 5.08. The summed E-state index contributed by atoms with van der Waals surface area (Å²) in [7, 11) is 1.58. The molecule has 2 amide bonds. The van der Waals surface area contributed by atoms with E-state index in [9.17, 15) is 9.59 Å². The van der Waals surface area contributed by atoms with Gasteiger partial charge in [0.25, 0.3) is 0 Å². The quantitative estimate of drug-likeness (QED) is 0.507. The molecule has 0 radical (unpaired) electrons. The molecule has 0 aromatic heterocycles. The number of anilines is 1. The summed E-state index contributed by atoms with van der Waals surface area (Å²) in [4.78, 5) is 31.3. The Morgan fingerprint density at radius 1 is 1.03 bits per heavy atom. The van der Waals surface area contributed by atoms with Gasteiger partial charge in [0.1, 0.15) is 15.3 Å². The van der Waals surface area contributed by atoms with Crippen LogP contribution < -0.4 is 9.64 Å². The fourth-order valence-electron chi connectivity index (χ4n) is 3.83. The summed E-state index contributed by atoms with van der Waals surface area (Å²) < 4.78 is 5.84. The van der Waals surface area contributed by atoms with Crippen LogP contribution in [0.5, 0.6) is 5.75 Å². The van der Waals surface area contributed by atoms with Crippen LogP contribution in [-0.2, 0) is 16.1 Å². The number of piperazine rings is 1. The number of imide groups is 1. The minimum Gasteiger partial charge on any atom is -0.497 e. The number of thioether (sulfide) groups is 1. The van der Waals surface area contributed by atoms with E-state index in [1.165, 1.54) is 22.2 Å². The van der Waals surface area contributed by atoms with Crippen LogP contribution in [0.4, 0.5) is 5.69 Å². The van der Waals surface area contributed by atoms with E-state index in [4.69, 9.17) is 17.0 Å². The zero-order valence-electron chi connectivity index (χ0n) is 17.4. The number of carbonyl (C=O) groups is 2. The summed E-state index contributed by atoms with van der Waals surface area (Å²) in [5.41, 5.74) is 1.88. The van der Waals surface area contributed by atoms with Crippen molar-refractivity contribution in [3.05, 3.63) is 60.2 Å². The second-order valence-corrected chi connectivity index (χ2v) is 9.43. The Morgan fingerprint density at radius 3 is 2.35 bits per heavy atom. The number of thiocarbonyl (C=S) groups is 1. The minimum atomic E-state index is -0.468. The summed E-state index contributed by atoms with van der Waals surface area (Å²) in [5.74, 6) is 0.287. The lowest BCUT2D eigenvalue weighted by atomic mass is 10.2. The SMILES string of the molecule is COc1ccc(N2C(=O)C[C@@H](SC(=S)N3CCN(Cc4ccccc4)CC3)C2=O)cc1. The van der Waals surface area contributed by atoms with Gasteiger partial charge < -0.3 is 9.64 Å². The van der Waals surface area contributed by atoms with Crippen molar-refractivity contribution in [1.82, 2.24) is 9.80 Å². The molecule has 0 N–H and O–H groups in total. The van der Waals surface area contributed by atoms with Crippen LogP contribution in [0.2, 0.25) is 0 Å². The maximum Gasteiger partial charge on any atom is 0.247 e. The molecule has 6 nitrogen and oxygen atoms in total. The molecule has 2 aromatic rings. The second-order valence-electron chi connectivity index (χ2n) is 7.59. The Bertz CT molecular complexity index is 944. The lowest BCUT2D eigenvalue weighted by molar-refractivity contribution is -0.121. The van der Waals surface area contributed by atoms with Crippen LogP contribution in [0.3, 0.4) is 0 Å². The van der Waals surface area contributed by atoms with Gasteiger partial charge in [0.05, 0.1) is 12.8 Å². The van der Waals surface area contributed by atoms with Gasteiger partial charge in [-0.3, -0.25) is 14.5 Å². The topological polar surface area (TPSA) is 53.1 Å². The Labute approximate surface area is 192 Å². The first-order valence-electron chi connectivity index (χ1n) is 10.3. The number of amides is 2. The Hall–Kier alpha value is -2.42. The van der Waals surface area contributed by atoms with Gasteiger partial charge in [-0.05, 0) is 29.8 Å². The molecular weight excluding hydrogens is 430 g/mol. The summed E-state index contributed by atoms with van der Waals surface area (Å²) >= 11 is 6.97. The zero-order valence-corrected chi connectivity index (χ0v) is 19.0. The van der Waals surface area contributed by atoms with Crippen LogP contribution >= 0.6 is 24.0 Å². The average Bonchev–Trinajstić information content (AvgIpc) is 3.07. The summed E-state index contributed by atoms with van der Waals surface area (Å²) in [6.45, 7) is 4.43. The zero-order chi connectivity index (χ0) is 21.8. The van der Waals surface area contributed by atoms with Gasteiger partial charge in [-0.25, -0.2) is 4.90 Å². The fourth-order valence-corrected chi connectivity index (χ4v) is 5.36. The van der Waals surface area contributed by atoms with E-state index in [0.717, 1.165) is 32.7 Å². The van der Waals surface area contributed by atoms with Crippen molar-refractivity contribution in [3.63, 3.8) is 0 Å².